The van der Waals surface area contributed by atoms with Crippen molar-refractivity contribution in [3.8, 4) is 0 Å². The van der Waals surface area contributed by atoms with Gasteiger partial charge in [-0.05, 0) is 6.07 Å². The molecule has 2 rings (SSSR count). The first kappa shape index (κ1) is 15.4. The number of hydrogen-bond acceptors (Lipinski definition) is 5. The predicted molar refractivity (Wildman–Crippen MR) is 75.8 cm³/mol. The normalized spacial score (nSPS) is 13.1. The van der Waals surface area contributed by atoms with Gasteiger partial charge in [0.15, 0.2) is 0 Å². The molecule has 0 saturated heterocycles. The number of carboxylic acids is 2. The van der Waals surface area contributed by atoms with Crippen molar-refractivity contribution in [2.24, 2.45) is 0 Å². The van der Waals surface area contributed by atoms with Crippen LogP contribution < -0.4 is 4.72 Å². The maximum atomic E-state index is 12.2. The van der Waals surface area contributed by atoms with Crippen molar-refractivity contribution >= 4 is 43.4 Å². The Kier molecular flexibility index (Phi) is 4.26. The van der Waals surface area contributed by atoms with Gasteiger partial charge in [-0.25, -0.2) is 8.42 Å². The average Bonchev–Trinajstić information content (AvgIpc) is 2.81. The van der Waals surface area contributed by atoms with E-state index < -0.39 is 34.4 Å². The van der Waals surface area contributed by atoms with Crippen LogP contribution in [0.4, 0.5) is 0 Å². The number of aliphatic carboxylic acids is 2. The minimum Gasteiger partial charge on any atom is -0.481 e. The number of carbonyl (C=O) groups is 2. The highest BCUT2D eigenvalue weighted by Gasteiger charge is 2.29. The zero-order valence-electron chi connectivity index (χ0n) is 10.5. The second kappa shape index (κ2) is 5.80. The number of nitrogens with one attached hydrogen (secondary N) is 1. The summed E-state index contributed by atoms with van der Waals surface area (Å²) >= 11 is 1.21. The Labute approximate surface area is 123 Å². The summed E-state index contributed by atoms with van der Waals surface area (Å²) < 4.78 is 27.1. The van der Waals surface area contributed by atoms with Gasteiger partial charge in [0.25, 0.3) is 0 Å². The predicted octanol–water partition coefficient (Wildman–Crippen LogP) is 1.11. The zero-order chi connectivity index (χ0) is 15.6. The van der Waals surface area contributed by atoms with Crippen molar-refractivity contribution < 1.29 is 28.2 Å². The molecule has 7 nitrogen and oxygen atoms in total. The second-order valence-electron chi connectivity index (χ2n) is 4.21. The Morgan fingerprint density at radius 1 is 1.24 bits per heavy atom. The number of carboxylic acid groups (broad SMARTS) is 2. The Hall–Kier alpha value is -1.97. The summed E-state index contributed by atoms with van der Waals surface area (Å²) in [5.74, 6) is -2.94. The molecule has 0 aliphatic heterocycles. The van der Waals surface area contributed by atoms with E-state index in [2.05, 4.69) is 0 Å². The molecular weight excluding hydrogens is 318 g/mol. The highest BCUT2D eigenvalue weighted by Crippen LogP contribution is 2.29. The fourth-order valence-electron chi connectivity index (χ4n) is 1.77. The SMILES string of the molecule is O=C(O)CC(NS(=O)(=O)c1csc2ccccc12)C(=O)O. The van der Waals surface area contributed by atoms with Gasteiger partial charge >= 0.3 is 11.9 Å². The molecular formula is C12H11NO6S2. The van der Waals surface area contributed by atoms with Crippen LogP contribution in [0, 0.1) is 0 Å². The van der Waals surface area contributed by atoms with Crippen molar-refractivity contribution in [3.63, 3.8) is 0 Å². The largest absolute Gasteiger partial charge is 0.481 e. The first-order valence-corrected chi connectivity index (χ1v) is 8.10. The van der Waals surface area contributed by atoms with Gasteiger partial charge in [-0.3, -0.25) is 9.59 Å². The van der Waals surface area contributed by atoms with Crippen LogP contribution in [0.25, 0.3) is 10.1 Å². The molecule has 3 N–H and O–H groups in total. The Morgan fingerprint density at radius 2 is 1.90 bits per heavy atom. The van der Waals surface area contributed by atoms with Crippen LogP contribution in [0.5, 0.6) is 0 Å². The van der Waals surface area contributed by atoms with Gasteiger partial charge < -0.3 is 10.2 Å². The maximum absolute atomic E-state index is 12.2. The van der Waals surface area contributed by atoms with Crippen LogP contribution in [-0.2, 0) is 19.6 Å². The van der Waals surface area contributed by atoms with Gasteiger partial charge in [0.2, 0.25) is 10.0 Å². The Bertz CT molecular complexity index is 795. The van der Waals surface area contributed by atoms with Crippen LogP contribution in [-0.4, -0.2) is 36.6 Å². The number of thiophene rings is 1. The van der Waals surface area contributed by atoms with Gasteiger partial charge in [-0.15, -0.1) is 11.3 Å². The van der Waals surface area contributed by atoms with Crippen LogP contribution >= 0.6 is 11.3 Å². The fourth-order valence-corrected chi connectivity index (χ4v) is 4.46. The van der Waals surface area contributed by atoms with E-state index in [1.807, 2.05) is 4.72 Å². The molecule has 1 aromatic heterocycles. The lowest BCUT2D eigenvalue weighted by molar-refractivity contribution is -0.145. The molecule has 2 aromatic rings. The molecule has 1 unspecified atom stereocenters. The van der Waals surface area contributed by atoms with Crippen LogP contribution in [0.1, 0.15) is 6.42 Å². The molecule has 0 spiro atoms. The molecule has 9 heteroatoms. The second-order valence-corrected chi connectivity index (χ2v) is 6.80. The molecule has 1 atom stereocenters. The van der Waals surface area contributed by atoms with E-state index in [-0.39, 0.29) is 4.90 Å². The molecule has 0 bridgehead atoms. The molecule has 0 aliphatic carbocycles. The van der Waals surface area contributed by atoms with Crippen LogP contribution in [0.2, 0.25) is 0 Å². The monoisotopic (exact) mass is 329 g/mol. The smallest absolute Gasteiger partial charge is 0.322 e. The molecule has 21 heavy (non-hydrogen) atoms. The van der Waals surface area contributed by atoms with E-state index in [1.165, 1.54) is 16.7 Å². The number of hydrogen-bond donors (Lipinski definition) is 3. The summed E-state index contributed by atoms with van der Waals surface area (Å²) in [4.78, 5) is 21.5. The highest BCUT2D eigenvalue weighted by molar-refractivity contribution is 7.90. The molecule has 0 fully saturated rings. The standard InChI is InChI=1S/C12H11NO6S2/c14-11(15)5-8(12(16)17)13-21(18,19)10-6-20-9-4-2-1-3-7(9)10/h1-4,6,8,13H,5H2,(H,14,15)(H,16,17). The number of sulfonamides is 1. The van der Waals surface area contributed by atoms with E-state index in [4.69, 9.17) is 10.2 Å². The minimum atomic E-state index is -4.12. The number of benzene rings is 1. The van der Waals surface area contributed by atoms with Crippen molar-refractivity contribution in [2.75, 3.05) is 0 Å². The molecule has 112 valence electrons. The van der Waals surface area contributed by atoms with Crippen LogP contribution in [0.3, 0.4) is 0 Å². The van der Waals surface area contributed by atoms with Gasteiger partial charge in [-0.2, -0.15) is 4.72 Å². The number of rotatable bonds is 6. The molecule has 0 amide bonds. The third kappa shape index (κ3) is 3.38. The fraction of sp³-hybridized carbons (Fsp3) is 0.167. The van der Waals surface area contributed by atoms with E-state index in [0.717, 1.165) is 4.70 Å². The van der Waals surface area contributed by atoms with Gasteiger partial charge in [0.05, 0.1) is 6.42 Å². The van der Waals surface area contributed by atoms with Crippen molar-refractivity contribution in [1.82, 2.24) is 4.72 Å². The van der Waals surface area contributed by atoms with E-state index in [9.17, 15) is 18.0 Å². The van der Waals surface area contributed by atoms with Crippen molar-refractivity contribution in [3.05, 3.63) is 29.6 Å². The van der Waals surface area contributed by atoms with E-state index >= 15 is 0 Å². The Balaban J connectivity index is 2.37. The van der Waals surface area contributed by atoms with Gasteiger partial charge in [0.1, 0.15) is 10.9 Å². The van der Waals surface area contributed by atoms with Crippen molar-refractivity contribution in [2.45, 2.75) is 17.4 Å². The van der Waals surface area contributed by atoms with E-state index in [0.29, 0.717) is 5.39 Å². The lowest BCUT2D eigenvalue weighted by atomic mass is 10.2. The molecule has 0 radical (unpaired) electrons. The van der Waals surface area contributed by atoms with Gasteiger partial charge in [0, 0.05) is 15.5 Å². The zero-order valence-corrected chi connectivity index (χ0v) is 12.1. The lowest BCUT2D eigenvalue weighted by Crippen LogP contribution is -2.42. The molecule has 0 saturated carbocycles. The third-order valence-electron chi connectivity index (χ3n) is 2.71. The molecule has 0 aliphatic rings. The summed E-state index contributed by atoms with van der Waals surface area (Å²) in [5.41, 5.74) is 0. The molecule has 1 aromatic carbocycles. The summed E-state index contributed by atoms with van der Waals surface area (Å²) in [6.45, 7) is 0. The highest BCUT2D eigenvalue weighted by atomic mass is 32.2. The minimum absolute atomic E-state index is 0.0558. The number of fused-ring (bicyclic) bond motifs is 1. The lowest BCUT2D eigenvalue weighted by Gasteiger charge is -2.12. The first-order chi connectivity index (χ1) is 9.81. The van der Waals surface area contributed by atoms with Crippen LogP contribution in [0.15, 0.2) is 34.5 Å². The Morgan fingerprint density at radius 3 is 2.52 bits per heavy atom. The van der Waals surface area contributed by atoms with E-state index in [1.54, 1.807) is 24.3 Å². The average molecular weight is 329 g/mol. The summed E-state index contributed by atoms with van der Waals surface area (Å²) in [5, 5.41) is 19.4. The quantitative estimate of drug-likeness (QED) is 0.730. The maximum Gasteiger partial charge on any atom is 0.322 e. The topological polar surface area (TPSA) is 121 Å². The molecule has 1 heterocycles. The first-order valence-electron chi connectivity index (χ1n) is 5.74. The van der Waals surface area contributed by atoms with Crippen molar-refractivity contribution in [1.29, 1.82) is 0 Å². The van der Waals surface area contributed by atoms with Gasteiger partial charge in [-0.1, -0.05) is 18.2 Å². The third-order valence-corrected chi connectivity index (χ3v) is 5.33. The summed E-state index contributed by atoms with van der Waals surface area (Å²) in [6, 6.07) is 5.05. The summed E-state index contributed by atoms with van der Waals surface area (Å²) in [6.07, 6.45) is -0.837. The summed E-state index contributed by atoms with van der Waals surface area (Å²) in [7, 11) is -4.12.